The van der Waals surface area contributed by atoms with Crippen molar-refractivity contribution >= 4 is 11.9 Å². The monoisotopic (exact) mass is 455 g/mol. The molecule has 0 fully saturated rings. The molecule has 2 heterocycles. The van der Waals surface area contributed by atoms with Crippen LogP contribution in [-0.2, 0) is 13.0 Å². The number of fused-ring (bicyclic) bond motifs is 3. The minimum atomic E-state index is -0.0946. The van der Waals surface area contributed by atoms with E-state index in [9.17, 15) is 4.79 Å². The summed E-state index contributed by atoms with van der Waals surface area (Å²) < 4.78 is 18.0. The van der Waals surface area contributed by atoms with Crippen molar-refractivity contribution in [3.8, 4) is 17.2 Å². The van der Waals surface area contributed by atoms with Crippen LogP contribution in [0.5, 0.6) is 17.2 Å². The molecule has 0 amide bonds. The number of allylic oxidation sites excluding steroid dienone is 1. The molecule has 0 aliphatic carbocycles. The van der Waals surface area contributed by atoms with Crippen LogP contribution in [-0.4, -0.2) is 30.6 Å². The van der Waals surface area contributed by atoms with Crippen molar-refractivity contribution in [1.29, 1.82) is 0 Å². The van der Waals surface area contributed by atoms with Gasteiger partial charge in [-0.15, -0.1) is 0 Å². The third-order valence-corrected chi connectivity index (χ3v) is 6.28. The van der Waals surface area contributed by atoms with Crippen molar-refractivity contribution in [3.05, 3.63) is 94.2 Å². The van der Waals surface area contributed by atoms with E-state index in [1.807, 2.05) is 50.2 Å². The number of hydrogen-bond acceptors (Lipinski definition) is 5. The second-order valence-corrected chi connectivity index (χ2v) is 8.70. The van der Waals surface area contributed by atoms with Crippen molar-refractivity contribution < 1.29 is 19.0 Å². The zero-order valence-electron chi connectivity index (χ0n) is 19.7. The molecule has 3 aromatic carbocycles. The predicted octanol–water partition coefficient (Wildman–Crippen LogP) is 5.79. The van der Waals surface area contributed by atoms with E-state index in [1.54, 1.807) is 6.08 Å². The molecule has 0 saturated carbocycles. The fourth-order valence-electron chi connectivity index (χ4n) is 4.60. The highest BCUT2D eigenvalue weighted by molar-refractivity contribution is 6.16. The summed E-state index contributed by atoms with van der Waals surface area (Å²) in [6.45, 7) is 6.58. The first-order chi connectivity index (χ1) is 16.6. The Balaban J connectivity index is 1.37. The van der Waals surface area contributed by atoms with Gasteiger partial charge in [0.25, 0.3) is 0 Å². The highest BCUT2D eigenvalue weighted by atomic mass is 16.5. The Hall–Kier alpha value is -3.57. The number of ketones is 1. The number of rotatable bonds is 7. The van der Waals surface area contributed by atoms with E-state index in [0.717, 1.165) is 47.6 Å². The second kappa shape index (κ2) is 9.74. The molecular formula is C29H29NO4. The third kappa shape index (κ3) is 4.44. The minimum absolute atomic E-state index is 0.0946. The third-order valence-electron chi connectivity index (χ3n) is 6.28. The maximum Gasteiger partial charge on any atom is 0.232 e. The summed E-state index contributed by atoms with van der Waals surface area (Å²) in [4.78, 5) is 15.6. The van der Waals surface area contributed by atoms with E-state index in [4.69, 9.17) is 14.2 Å². The van der Waals surface area contributed by atoms with Crippen LogP contribution < -0.4 is 14.2 Å². The average Bonchev–Trinajstić information content (AvgIpc) is 3.18. The van der Waals surface area contributed by atoms with Crippen LogP contribution >= 0.6 is 0 Å². The first-order valence-corrected chi connectivity index (χ1v) is 11.9. The fourth-order valence-corrected chi connectivity index (χ4v) is 4.60. The van der Waals surface area contributed by atoms with Gasteiger partial charge in [0.15, 0.2) is 5.76 Å². The number of nitrogens with zero attached hydrogens (tertiary/aromatic N) is 1. The number of Topliss-reactive ketones (excluding diaryl/α,β-unsaturated/α-hetero) is 1. The lowest BCUT2D eigenvalue weighted by molar-refractivity contribution is 0.0928. The molecule has 34 heavy (non-hydrogen) atoms. The molecule has 5 rings (SSSR count). The van der Waals surface area contributed by atoms with Crippen molar-refractivity contribution in [3.63, 3.8) is 0 Å². The molecule has 5 nitrogen and oxygen atoms in total. The van der Waals surface area contributed by atoms with Crippen LogP contribution in [0.25, 0.3) is 6.08 Å². The predicted molar refractivity (Wildman–Crippen MR) is 132 cm³/mol. The van der Waals surface area contributed by atoms with Gasteiger partial charge < -0.3 is 14.2 Å². The van der Waals surface area contributed by atoms with Crippen LogP contribution in [0.15, 0.2) is 66.4 Å². The second-order valence-electron chi connectivity index (χ2n) is 8.70. The van der Waals surface area contributed by atoms with Gasteiger partial charge in [-0.05, 0) is 56.0 Å². The molecule has 0 saturated heterocycles. The van der Waals surface area contributed by atoms with Crippen LogP contribution in [0.2, 0.25) is 0 Å². The summed E-state index contributed by atoms with van der Waals surface area (Å²) >= 11 is 0. The van der Waals surface area contributed by atoms with Gasteiger partial charge in [0.2, 0.25) is 5.78 Å². The first kappa shape index (κ1) is 22.2. The molecule has 0 N–H and O–H groups in total. The van der Waals surface area contributed by atoms with Gasteiger partial charge in [-0.25, -0.2) is 0 Å². The molecule has 0 bridgehead atoms. The van der Waals surface area contributed by atoms with Gasteiger partial charge in [-0.3, -0.25) is 9.69 Å². The summed E-state index contributed by atoms with van der Waals surface area (Å²) in [5.41, 5.74) is 4.62. The van der Waals surface area contributed by atoms with Gasteiger partial charge in [-0.1, -0.05) is 48.5 Å². The highest BCUT2D eigenvalue weighted by Gasteiger charge is 2.35. The molecule has 2 aliphatic rings. The Labute approximate surface area is 200 Å². The van der Waals surface area contributed by atoms with Gasteiger partial charge in [-0.2, -0.15) is 0 Å². The lowest BCUT2D eigenvalue weighted by atomic mass is 9.98. The lowest BCUT2D eigenvalue weighted by Crippen LogP contribution is -2.33. The first-order valence-electron chi connectivity index (χ1n) is 11.9. The van der Waals surface area contributed by atoms with Crippen molar-refractivity contribution in [2.75, 3.05) is 19.9 Å². The largest absolute Gasteiger partial charge is 0.493 e. The van der Waals surface area contributed by atoms with Crippen LogP contribution in [0.4, 0.5) is 0 Å². The maximum absolute atomic E-state index is 13.3. The molecule has 5 heteroatoms. The van der Waals surface area contributed by atoms with Gasteiger partial charge in [0, 0.05) is 18.7 Å². The quantitative estimate of drug-likeness (QED) is 0.422. The van der Waals surface area contributed by atoms with E-state index < -0.39 is 0 Å². The summed E-state index contributed by atoms with van der Waals surface area (Å²) in [6.07, 6.45) is 3.84. The van der Waals surface area contributed by atoms with E-state index in [-0.39, 0.29) is 5.78 Å². The summed E-state index contributed by atoms with van der Waals surface area (Å²) in [7, 11) is 0. The van der Waals surface area contributed by atoms with Gasteiger partial charge in [0.05, 0.1) is 17.7 Å². The smallest absolute Gasteiger partial charge is 0.232 e. The Morgan fingerprint density at radius 2 is 1.88 bits per heavy atom. The lowest BCUT2D eigenvalue weighted by Gasteiger charge is -2.30. The summed E-state index contributed by atoms with van der Waals surface area (Å²) in [5, 5.41) is 0. The molecular weight excluding hydrogens is 426 g/mol. The molecule has 0 unspecified atom stereocenters. The zero-order chi connectivity index (χ0) is 23.5. The molecule has 174 valence electrons. The normalized spacial score (nSPS) is 16.1. The van der Waals surface area contributed by atoms with Crippen LogP contribution in [0, 0.1) is 6.92 Å². The molecule has 2 aliphatic heterocycles. The van der Waals surface area contributed by atoms with Crippen molar-refractivity contribution in [2.24, 2.45) is 0 Å². The SMILES string of the molecule is CCOc1ccccc1/C=C1\Oc2c3c(cc(C)c2C1=O)OCN(CCCc1ccccc1)C3. The Morgan fingerprint density at radius 3 is 2.71 bits per heavy atom. The summed E-state index contributed by atoms with van der Waals surface area (Å²) in [6, 6.07) is 20.2. The number of benzene rings is 3. The van der Waals surface area contributed by atoms with Crippen molar-refractivity contribution in [1.82, 2.24) is 4.90 Å². The molecule has 0 atom stereocenters. The topological polar surface area (TPSA) is 48.0 Å². The number of para-hydroxylation sites is 1. The number of hydrogen-bond donors (Lipinski definition) is 0. The average molecular weight is 456 g/mol. The number of carbonyl (C=O) groups is 1. The minimum Gasteiger partial charge on any atom is -0.493 e. The van der Waals surface area contributed by atoms with Crippen LogP contribution in [0.1, 0.15) is 46.0 Å². The maximum atomic E-state index is 13.3. The highest BCUT2D eigenvalue weighted by Crippen LogP contribution is 2.44. The van der Waals surface area contributed by atoms with Gasteiger partial charge in [0.1, 0.15) is 24.0 Å². The fraction of sp³-hybridized carbons (Fsp3) is 0.276. The van der Waals surface area contributed by atoms with E-state index in [1.165, 1.54) is 5.56 Å². The van der Waals surface area contributed by atoms with Crippen LogP contribution in [0.3, 0.4) is 0 Å². The van der Waals surface area contributed by atoms with E-state index in [2.05, 4.69) is 29.2 Å². The number of aryl methyl sites for hydroxylation is 2. The van der Waals surface area contributed by atoms with E-state index >= 15 is 0 Å². The van der Waals surface area contributed by atoms with Gasteiger partial charge >= 0.3 is 0 Å². The van der Waals surface area contributed by atoms with Crippen molar-refractivity contribution in [2.45, 2.75) is 33.2 Å². The molecule has 0 spiro atoms. The number of carbonyl (C=O) groups excluding carboxylic acids is 1. The molecule has 0 aromatic heterocycles. The summed E-state index contributed by atoms with van der Waals surface area (Å²) in [5.74, 6) is 2.39. The standard InChI is InChI=1S/C29H29NO4/c1-3-32-24-14-8-7-13-22(24)17-26-28(31)27-20(2)16-25-23(29(27)34-26)18-30(19-33-25)15-9-12-21-10-5-4-6-11-21/h4-8,10-11,13-14,16-17H,3,9,12,15,18-19H2,1-2H3/b26-17-. The Kier molecular flexibility index (Phi) is 6.37. The molecule has 0 radical (unpaired) electrons. The van der Waals surface area contributed by atoms with E-state index in [0.29, 0.717) is 37.0 Å². The Bertz CT molecular complexity index is 1230. The Morgan fingerprint density at radius 1 is 1.09 bits per heavy atom. The molecule has 3 aromatic rings. The zero-order valence-corrected chi connectivity index (χ0v) is 19.7. The number of ether oxygens (including phenoxy) is 3.